The fraction of sp³-hybridized carbons (Fsp3) is 0.333. The fourth-order valence-electron chi connectivity index (χ4n) is 1.83. The van der Waals surface area contributed by atoms with Crippen molar-refractivity contribution < 1.29 is 14.3 Å². The minimum atomic E-state index is -0.0825. The van der Waals surface area contributed by atoms with Gasteiger partial charge in [-0.05, 0) is 18.6 Å². The Hall–Kier alpha value is -1.85. The third-order valence-electron chi connectivity index (χ3n) is 2.92. The number of carbonyl (C=O) groups excluding carboxylic acids is 1. The Morgan fingerprint density at radius 1 is 1.38 bits per heavy atom. The first-order valence-electron chi connectivity index (χ1n) is 6.78. The van der Waals surface area contributed by atoms with Crippen LogP contribution in [0.3, 0.4) is 0 Å². The van der Waals surface area contributed by atoms with Crippen molar-refractivity contribution >= 4 is 17.5 Å². The normalized spacial score (nSPS) is 10.6. The highest BCUT2D eigenvalue weighted by Crippen LogP contribution is 2.28. The van der Waals surface area contributed by atoms with Gasteiger partial charge in [0.05, 0.1) is 11.2 Å². The Balaban J connectivity index is 1.89. The van der Waals surface area contributed by atoms with Crippen LogP contribution in [0.1, 0.15) is 18.7 Å². The molecule has 1 aromatic carbocycles. The molecule has 0 atom stereocenters. The number of nitrogens with zero attached hydrogens (tertiary/aromatic N) is 1. The largest absolute Gasteiger partial charge is 0.441 e. The minimum Gasteiger partial charge on any atom is -0.441 e. The van der Waals surface area contributed by atoms with Crippen molar-refractivity contribution in [1.29, 1.82) is 0 Å². The van der Waals surface area contributed by atoms with E-state index in [9.17, 15) is 4.79 Å². The summed E-state index contributed by atoms with van der Waals surface area (Å²) in [6.07, 6.45) is 2.89. The van der Waals surface area contributed by atoms with Crippen molar-refractivity contribution in [2.45, 2.75) is 19.3 Å². The number of hydrogen-bond acceptors (Lipinski definition) is 4. The summed E-state index contributed by atoms with van der Waals surface area (Å²) in [5.41, 5.74) is 0.783. The monoisotopic (exact) mass is 308 g/mol. The van der Waals surface area contributed by atoms with Crippen molar-refractivity contribution in [3.8, 4) is 11.3 Å². The second-order valence-electron chi connectivity index (χ2n) is 4.53. The van der Waals surface area contributed by atoms with Crippen molar-refractivity contribution in [3.05, 3.63) is 41.4 Å². The molecule has 0 fully saturated rings. The summed E-state index contributed by atoms with van der Waals surface area (Å²) >= 11 is 6.09. The number of aryl methyl sites for hydroxylation is 1. The summed E-state index contributed by atoms with van der Waals surface area (Å²) in [4.78, 5) is 15.7. The highest BCUT2D eigenvalue weighted by Gasteiger charge is 2.10. The summed E-state index contributed by atoms with van der Waals surface area (Å²) in [6, 6.07) is 7.36. The van der Waals surface area contributed by atoms with E-state index in [1.54, 1.807) is 12.3 Å². The van der Waals surface area contributed by atoms with Gasteiger partial charge in [0, 0.05) is 31.6 Å². The van der Waals surface area contributed by atoms with E-state index in [2.05, 4.69) is 10.3 Å². The Morgan fingerprint density at radius 2 is 2.19 bits per heavy atom. The molecule has 6 heteroatoms. The van der Waals surface area contributed by atoms with Gasteiger partial charge in [-0.3, -0.25) is 4.79 Å². The number of rotatable bonds is 7. The molecular formula is C15H17ClN2O3. The first-order chi connectivity index (χ1) is 10.2. The molecule has 2 aromatic rings. The Labute approximate surface area is 128 Å². The number of aliphatic hydroxyl groups is 1. The van der Waals surface area contributed by atoms with E-state index in [0.717, 1.165) is 5.56 Å². The summed E-state index contributed by atoms with van der Waals surface area (Å²) in [5, 5.41) is 11.9. The highest BCUT2D eigenvalue weighted by atomic mass is 35.5. The van der Waals surface area contributed by atoms with Gasteiger partial charge >= 0.3 is 0 Å². The summed E-state index contributed by atoms with van der Waals surface area (Å²) in [7, 11) is 0. The van der Waals surface area contributed by atoms with Gasteiger partial charge in [-0.2, -0.15) is 0 Å². The zero-order chi connectivity index (χ0) is 15.1. The van der Waals surface area contributed by atoms with E-state index in [0.29, 0.717) is 42.5 Å². The molecule has 0 saturated carbocycles. The Kier molecular flexibility index (Phi) is 5.78. The topological polar surface area (TPSA) is 75.4 Å². The first kappa shape index (κ1) is 15.5. The Morgan fingerprint density at radius 3 is 2.95 bits per heavy atom. The molecule has 0 bridgehead atoms. The van der Waals surface area contributed by atoms with Gasteiger partial charge in [0.15, 0.2) is 11.7 Å². The van der Waals surface area contributed by atoms with E-state index in [1.807, 2.05) is 18.2 Å². The van der Waals surface area contributed by atoms with Crippen molar-refractivity contribution in [1.82, 2.24) is 10.3 Å². The molecule has 0 saturated heterocycles. The molecule has 0 unspecified atom stereocenters. The van der Waals surface area contributed by atoms with Crippen LogP contribution >= 0.6 is 11.6 Å². The van der Waals surface area contributed by atoms with Crippen LogP contribution in [0.15, 0.2) is 34.9 Å². The van der Waals surface area contributed by atoms with Gasteiger partial charge in [0.2, 0.25) is 5.91 Å². The van der Waals surface area contributed by atoms with Gasteiger partial charge in [0.25, 0.3) is 0 Å². The number of benzene rings is 1. The zero-order valence-electron chi connectivity index (χ0n) is 11.5. The first-order valence-corrected chi connectivity index (χ1v) is 7.15. The molecule has 1 aromatic heterocycles. The lowest BCUT2D eigenvalue weighted by molar-refractivity contribution is -0.121. The van der Waals surface area contributed by atoms with Crippen LogP contribution < -0.4 is 5.32 Å². The van der Waals surface area contributed by atoms with E-state index in [4.69, 9.17) is 21.1 Å². The van der Waals surface area contributed by atoms with E-state index in [1.165, 1.54) is 0 Å². The van der Waals surface area contributed by atoms with Crippen LogP contribution in [-0.2, 0) is 11.2 Å². The van der Waals surface area contributed by atoms with E-state index < -0.39 is 0 Å². The second kappa shape index (κ2) is 7.81. The molecule has 2 rings (SSSR count). The molecular weight excluding hydrogens is 292 g/mol. The maximum atomic E-state index is 11.5. The number of hydrogen-bond donors (Lipinski definition) is 2. The predicted octanol–water partition coefficient (Wildman–Crippen LogP) is 2.43. The molecule has 0 aliphatic heterocycles. The van der Waals surface area contributed by atoms with E-state index >= 15 is 0 Å². The maximum Gasteiger partial charge on any atom is 0.220 e. The molecule has 112 valence electrons. The van der Waals surface area contributed by atoms with Crippen LogP contribution in [0.25, 0.3) is 11.3 Å². The van der Waals surface area contributed by atoms with Crippen molar-refractivity contribution in [3.63, 3.8) is 0 Å². The summed E-state index contributed by atoms with van der Waals surface area (Å²) in [5.74, 6) is 1.01. The van der Waals surface area contributed by atoms with Crippen LogP contribution in [0, 0.1) is 0 Å². The SMILES string of the molecule is O=C(CCc1ncc(-c2ccccc2Cl)o1)NCCCO. The van der Waals surface area contributed by atoms with Gasteiger partial charge in [-0.1, -0.05) is 23.7 Å². The van der Waals surface area contributed by atoms with Crippen LogP contribution in [0.2, 0.25) is 5.02 Å². The summed E-state index contributed by atoms with van der Waals surface area (Å²) in [6.45, 7) is 0.549. The van der Waals surface area contributed by atoms with Gasteiger partial charge in [0.1, 0.15) is 0 Å². The lowest BCUT2D eigenvalue weighted by Crippen LogP contribution is -2.25. The van der Waals surface area contributed by atoms with E-state index in [-0.39, 0.29) is 12.5 Å². The predicted molar refractivity (Wildman–Crippen MR) is 80.0 cm³/mol. The number of aromatic nitrogens is 1. The van der Waals surface area contributed by atoms with Gasteiger partial charge < -0.3 is 14.8 Å². The molecule has 21 heavy (non-hydrogen) atoms. The maximum absolute atomic E-state index is 11.5. The Bertz CT molecular complexity index is 598. The quantitative estimate of drug-likeness (QED) is 0.770. The van der Waals surface area contributed by atoms with Crippen LogP contribution in [0.5, 0.6) is 0 Å². The molecule has 5 nitrogen and oxygen atoms in total. The zero-order valence-corrected chi connectivity index (χ0v) is 12.3. The molecule has 2 N–H and O–H groups in total. The number of nitrogens with one attached hydrogen (secondary N) is 1. The number of amides is 1. The smallest absolute Gasteiger partial charge is 0.220 e. The van der Waals surface area contributed by atoms with Crippen LogP contribution in [0.4, 0.5) is 0 Å². The average Bonchev–Trinajstić information content (AvgIpc) is 2.94. The second-order valence-corrected chi connectivity index (χ2v) is 4.93. The standard InChI is InChI=1S/C15H17ClN2O3/c16-12-5-2-1-4-11(12)13-10-18-15(21-13)7-6-14(20)17-8-3-9-19/h1-2,4-5,10,19H,3,6-9H2,(H,17,20). The average molecular weight is 309 g/mol. The molecule has 0 aliphatic rings. The molecule has 0 radical (unpaired) electrons. The van der Waals surface area contributed by atoms with Crippen LogP contribution in [-0.4, -0.2) is 29.1 Å². The third-order valence-corrected chi connectivity index (χ3v) is 3.25. The summed E-state index contributed by atoms with van der Waals surface area (Å²) < 4.78 is 5.61. The van der Waals surface area contributed by atoms with Crippen molar-refractivity contribution in [2.24, 2.45) is 0 Å². The fourth-order valence-corrected chi connectivity index (χ4v) is 2.06. The lowest BCUT2D eigenvalue weighted by atomic mass is 10.2. The number of carbonyl (C=O) groups is 1. The third kappa shape index (κ3) is 4.58. The highest BCUT2D eigenvalue weighted by molar-refractivity contribution is 6.33. The molecule has 1 heterocycles. The minimum absolute atomic E-state index is 0.0706. The molecule has 0 spiro atoms. The number of halogens is 1. The molecule has 1 amide bonds. The lowest BCUT2D eigenvalue weighted by Gasteiger charge is -2.02. The van der Waals surface area contributed by atoms with Gasteiger partial charge in [-0.25, -0.2) is 4.98 Å². The number of oxazole rings is 1. The van der Waals surface area contributed by atoms with Gasteiger partial charge in [-0.15, -0.1) is 0 Å². The molecule has 0 aliphatic carbocycles. The van der Waals surface area contributed by atoms with Crippen molar-refractivity contribution in [2.75, 3.05) is 13.2 Å². The number of aliphatic hydroxyl groups excluding tert-OH is 1.